The van der Waals surface area contributed by atoms with Crippen LogP contribution in [0.4, 0.5) is 0 Å². The van der Waals surface area contributed by atoms with Crippen LogP contribution >= 0.6 is 15.6 Å². The van der Waals surface area contributed by atoms with Gasteiger partial charge in [0, 0.05) is 66.6 Å². The summed E-state index contributed by atoms with van der Waals surface area (Å²) in [5.74, 6) is -8.19. The summed E-state index contributed by atoms with van der Waals surface area (Å²) in [4.78, 5) is 187. The average Bonchev–Trinajstić information content (AvgIpc) is 1.40. The Morgan fingerprint density at radius 2 is 1.21 bits per heavy atom. The number of imide groups is 1. The molecule has 0 saturated carbocycles. The number of cyclic esters (lactones) is 1. The van der Waals surface area contributed by atoms with Gasteiger partial charge < -0.3 is 104 Å². The van der Waals surface area contributed by atoms with Gasteiger partial charge in [-0.25, -0.2) is 18.7 Å². The van der Waals surface area contributed by atoms with Gasteiger partial charge in [0.25, 0.3) is 11.8 Å². The molecule has 2 unspecified atom stereocenters. The normalized spacial score (nSPS) is 18.7. The summed E-state index contributed by atoms with van der Waals surface area (Å²) >= 11 is 0. The number of likely N-dealkylation sites (N-methyl/N-ethyl adjacent to an activating group) is 2. The lowest BCUT2D eigenvalue weighted by molar-refractivity contribution is -0.198. The standard InChI is InChI=1S/C74H124N10O30P2/c1-14-50(6)67(82(11)73(95)65(48(2)3)80-72(94)66(49(4)5)81(9)10)57(101-12)46-63(90)83-29-18-21-56(83)68(102-13)51(7)70(92)77-52(8)69(53-19-16-15-17-20-53)113-116(99,100)114-115(97,98)111-34-28-75-60(87)47-109-44-43-105-33-27-76-71(93)55(45-59(86)78-54-24-32-110-74(54)96)79-58(85)25-30-103-35-37-106-39-41-108-42-40-107-38-36-104-31-26-64(91)112-84-61(88)22-23-62(84)89/h15-17,19-20,48-52,54-57,65-69H,14,18,21-47H2,1-13H3,(H,75,87)(H,76,93)(H,77,92)(H,78,86)(H,79,85)(H,80,94)(H,97,98)(H,99,100)/t50-,51+,52+,54-,55-,56-,57+,65-,66-,67-,68+,69+/m0/s1. The van der Waals surface area contributed by atoms with Gasteiger partial charge in [0.15, 0.2) is 0 Å². The molecule has 0 aliphatic carbocycles. The van der Waals surface area contributed by atoms with Gasteiger partial charge in [0.05, 0.1) is 161 Å². The predicted octanol–water partition coefficient (Wildman–Crippen LogP) is 1.17. The Hall–Kier alpha value is -7.08. The number of hydroxylamine groups is 2. The fourth-order valence-corrected chi connectivity index (χ4v) is 15.3. The van der Waals surface area contributed by atoms with Crippen LogP contribution in [-0.2, 0) is 132 Å². The number of phosphoric ester groups is 2. The number of ether oxygens (including phenoxy) is 10. The summed E-state index contributed by atoms with van der Waals surface area (Å²) in [6.07, 6.45) is -2.21. The number of esters is 1. The van der Waals surface area contributed by atoms with Crippen molar-refractivity contribution in [3.8, 4) is 0 Å². The van der Waals surface area contributed by atoms with E-state index in [9.17, 15) is 76.5 Å². The molecule has 14 atom stereocenters. The minimum Gasteiger partial charge on any atom is -0.464 e. The largest absolute Gasteiger partial charge is 0.481 e. The molecule has 3 heterocycles. The topological polar surface area (TPSA) is 494 Å². The molecule has 0 spiro atoms. The van der Waals surface area contributed by atoms with E-state index in [1.54, 1.807) is 42.0 Å². The molecule has 42 heteroatoms. The Kier molecular flexibility index (Phi) is 46.7. The smallest absolute Gasteiger partial charge is 0.464 e. The van der Waals surface area contributed by atoms with Crippen LogP contribution < -0.4 is 31.9 Å². The van der Waals surface area contributed by atoms with Crippen LogP contribution in [0.2, 0.25) is 0 Å². The zero-order chi connectivity index (χ0) is 86.1. The lowest BCUT2D eigenvalue weighted by Crippen LogP contribution is -2.59. The van der Waals surface area contributed by atoms with Crippen molar-refractivity contribution < 1.29 is 142 Å². The highest BCUT2D eigenvalue weighted by Gasteiger charge is 2.46. The Bertz CT molecular complexity index is 3340. The number of carbonyl (C=O) groups is 12. The summed E-state index contributed by atoms with van der Waals surface area (Å²) in [5, 5.41) is 16.3. The second kappa shape index (κ2) is 53.5. The number of hydrogen-bond donors (Lipinski definition) is 8. The molecule has 4 rings (SSSR count). The van der Waals surface area contributed by atoms with Gasteiger partial charge in [-0.1, -0.05) is 85.2 Å². The Morgan fingerprint density at radius 3 is 1.76 bits per heavy atom. The molecule has 10 amide bonds. The number of hydrogen-bond acceptors (Lipinski definition) is 29. The molecule has 3 saturated heterocycles. The van der Waals surface area contributed by atoms with Crippen molar-refractivity contribution in [1.82, 2.24) is 51.7 Å². The van der Waals surface area contributed by atoms with Gasteiger partial charge in [-0.15, -0.1) is 5.06 Å². The minimum absolute atomic E-state index is 0.00199. The third-order valence-electron chi connectivity index (χ3n) is 19.1. The first kappa shape index (κ1) is 101. The average molecular weight is 1700 g/mol. The minimum atomic E-state index is -5.54. The summed E-state index contributed by atoms with van der Waals surface area (Å²) in [7, 11) is -2.76. The first-order chi connectivity index (χ1) is 55.1. The zero-order valence-electron chi connectivity index (χ0n) is 69.0. The van der Waals surface area contributed by atoms with Gasteiger partial charge >= 0.3 is 27.6 Å². The van der Waals surface area contributed by atoms with Gasteiger partial charge in [-0.05, 0) is 57.2 Å². The number of likely N-dealkylation sites (tertiary alicyclic amines) is 1. The van der Waals surface area contributed by atoms with Gasteiger partial charge in [-0.2, -0.15) is 4.31 Å². The molecule has 3 fully saturated rings. The summed E-state index contributed by atoms with van der Waals surface area (Å²) in [6, 6.07) is 1.96. The van der Waals surface area contributed by atoms with Crippen molar-refractivity contribution in [3.63, 3.8) is 0 Å². The second-order valence-corrected chi connectivity index (χ2v) is 31.9. The summed E-state index contributed by atoms with van der Waals surface area (Å²) in [5.41, 5.74) is 0.257. The van der Waals surface area contributed by atoms with E-state index < -0.39 is 162 Å². The number of carbonyl (C=O) groups excluding carboxylic acids is 12. The third-order valence-corrected chi connectivity index (χ3v) is 21.8. The van der Waals surface area contributed by atoms with Crippen LogP contribution in [-0.4, -0.2) is 316 Å². The molecule has 116 heavy (non-hydrogen) atoms. The van der Waals surface area contributed by atoms with E-state index in [-0.39, 0.29) is 179 Å². The van der Waals surface area contributed by atoms with Crippen LogP contribution in [0.25, 0.3) is 0 Å². The van der Waals surface area contributed by atoms with E-state index in [4.69, 9.17) is 61.3 Å². The second-order valence-electron chi connectivity index (χ2n) is 28.9. The molecule has 1 aromatic rings. The first-order valence-corrected chi connectivity index (χ1v) is 42.1. The van der Waals surface area contributed by atoms with Gasteiger partial charge in [0.2, 0.25) is 47.3 Å². The van der Waals surface area contributed by atoms with Crippen LogP contribution in [0.15, 0.2) is 30.3 Å². The maximum Gasteiger partial charge on any atom is 0.481 e. The van der Waals surface area contributed by atoms with Crippen LogP contribution in [0, 0.1) is 23.7 Å². The lowest BCUT2D eigenvalue weighted by Gasteiger charge is -2.41. The van der Waals surface area contributed by atoms with Gasteiger partial charge in [0.1, 0.15) is 30.8 Å². The molecule has 3 aliphatic rings. The first-order valence-electron chi connectivity index (χ1n) is 39.1. The molecule has 0 radical (unpaired) electrons. The molecular formula is C74H124N10O30P2. The number of nitrogens with one attached hydrogen (secondary N) is 6. The van der Waals surface area contributed by atoms with Crippen LogP contribution in [0.5, 0.6) is 0 Å². The van der Waals surface area contributed by atoms with E-state index in [1.807, 2.05) is 60.5 Å². The SMILES string of the molecule is CC[C@H](C)[C@@H]([C@@H](CC(=O)N1CCC[C@H]1[C@H](OC)[C@@H](C)C(=O)N[C@H](C)[C@@H](OP(=O)(O)OP(=O)(O)OCCNC(=O)COCCOCCNC(=O)[C@H](CC(=O)N[C@H]1CCOC1=O)NC(=O)CCOCCOCCOCCOCCOCCC(=O)ON1C(=O)CCC1=O)c1ccccc1)OC)N(C)C(=O)[C@@H](NC(=O)[C@H](C(C)C)N(C)C)C(C)C. The van der Waals surface area contributed by atoms with Crippen molar-refractivity contribution in [3.05, 3.63) is 35.9 Å². The van der Waals surface area contributed by atoms with Crippen molar-refractivity contribution in [2.45, 2.75) is 180 Å². The van der Waals surface area contributed by atoms with Crippen LogP contribution in [0.1, 0.15) is 131 Å². The quantitative estimate of drug-likeness (QED) is 0.0196. The summed E-state index contributed by atoms with van der Waals surface area (Å²) in [6.45, 7) is 14.8. The number of phosphoric acid groups is 2. The number of nitrogens with zero attached hydrogens (tertiary/aromatic N) is 4. The van der Waals surface area contributed by atoms with Gasteiger partial charge in [-0.3, -0.25) is 61.9 Å². The van der Waals surface area contributed by atoms with E-state index >= 15 is 0 Å². The number of amides is 10. The molecular weight excluding hydrogens is 1570 g/mol. The number of rotatable bonds is 60. The maximum absolute atomic E-state index is 14.6. The maximum atomic E-state index is 14.6. The van der Waals surface area contributed by atoms with E-state index in [2.05, 4.69) is 36.2 Å². The molecule has 3 aliphatic heterocycles. The van der Waals surface area contributed by atoms with Crippen LogP contribution in [0.3, 0.4) is 0 Å². The molecule has 40 nitrogen and oxygen atoms in total. The molecule has 660 valence electrons. The fraction of sp³-hybridized carbons (Fsp3) is 0.757. The zero-order valence-corrected chi connectivity index (χ0v) is 70.8. The van der Waals surface area contributed by atoms with E-state index in [1.165, 1.54) is 33.3 Å². The predicted molar refractivity (Wildman–Crippen MR) is 412 cm³/mol. The molecule has 1 aromatic carbocycles. The highest BCUT2D eigenvalue weighted by atomic mass is 31.3. The monoisotopic (exact) mass is 1690 g/mol. The number of benzene rings is 1. The van der Waals surface area contributed by atoms with Crippen molar-refractivity contribution in [1.29, 1.82) is 0 Å². The van der Waals surface area contributed by atoms with Crippen molar-refractivity contribution >= 4 is 86.7 Å². The Morgan fingerprint density at radius 1 is 0.629 bits per heavy atom. The Balaban J connectivity index is 1.15. The van der Waals surface area contributed by atoms with Crippen molar-refractivity contribution in [2.24, 2.45) is 23.7 Å². The third kappa shape index (κ3) is 36.2. The Labute approximate surface area is 678 Å². The lowest BCUT2D eigenvalue weighted by atomic mass is 9.89. The summed E-state index contributed by atoms with van der Waals surface area (Å²) < 4.78 is 96.5. The highest BCUT2D eigenvalue weighted by molar-refractivity contribution is 7.61. The molecule has 0 bridgehead atoms. The molecule has 0 aromatic heterocycles. The fourth-order valence-electron chi connectivity index (χ4n) is 13.0. The van der Waals surface area contributed by atoms with E-state index in [0.29, 0.717) is 30.9 Å². The number of methoxy groups -OCH3 is 2. The highest BCUT2D eigenvalue weighted by Crippen LogP contribution is 2.62. The van der Waals surface area contributed by atoms with E-state index in [0.717, 1.165) is 0 Å². The van der Waals surface area contributed by atoms with Crippen molar-refractivity contribution in [2.75, 3.05) is 161 Å². The molecule has 8 N–H and O–H groups in total.